The second kappa shape index (κ2) is 5.01. The summed E-state index contributed by atoms with van der Waals surface area (Å²) in [5, 5.41) is 12.7. The van der Waals surface area contributed by atoms with Crippen LogP contribution in [0.1, 0.15) is 24.3 Å². The molecule has 3 nitrogen and oxygen atoms in total. The second-order valence-corrected chi connectivity index (χ2v) is 3.89. The fraction of sp³-hybridized carbons (Fsp3) is 0.231. The van der Waals surface area contributed by atoms with Crippen LogP contribution in [0.3, 0.4) is 0 Å². The lowest BCUT2D eigenvalue weighted by Crippen LogP contribution is -2.17. The van der Waals surface area contributed by atoms with Crippen LogP contribution >= 0.6 is 0 Å². The quantitative estimate of drug-likeness (QED) is 0.856. The molecule has 0 bridgehead atoms. The average Bonchev–Trinajstić information content (AvgIpc) is 2.83. The normalized spacial score (nSPS) is 12.6. The van der Waals surface area contributed by atoms with Gasteiger partial charge in [0, 0.05) is 12.1 Å². The number of phenols is 1. The summed E-state index contributed by atoms with van der Waals surface area (Å²) in [6, 6.07) is 7.58. The highest BCUT2D eigenvalue weighted by Gasteiger charge is 2.09. The molecule has 2 N–H and O–H groups in total. The van der Waals surface area contributed by atoms with Crippen LogP contribution < -0.4 is 5.32 Å². The van der Waals surface area contributed by atoms with Crippen molar-refractivity contribution in [2.24, 2.45) is 0 Å². The minimum Gasteiger partial charge on any atom is -0.508 e. The third-order valence-electron chi connectivity index (χ3n) is 2.61. The highest BCUT2D eigenvalue weighted by molar-refractivity contribution is 5.32. The maximum atomic E-state index is 13.0. The molecule has 0 amide bonds. The van der Waals surface area contributed by atoms with E-state index in [1.165, 1.54) is 18.2 Å². The van der Waals surface area contributed by atoms with E-state index in [9.17, 15) is 9.50 Å². The molecule has 2 rings (SSSR count). The lowest BCUT2D eigenvalue weighted by Gasteiger charge is -2.12. The van der Waals surface area contributed by atoms with E-state index >= 15 is 0 Å². The van der Waals surface area contributed by atoms with Crippen LogP contribution in [0.25, 0.3) is 0 Å². The van der Waals surface area contributed by atoms with Gasteiger partial charge < -0.3 is 14.8 Å². The number of hydrogen-bond donors (Lipinski definition) is 2. The zero-order chi connectivity index (χ0) is 12.3. The van der Waals surface area contributed by atoms with Gasteiger partial charge >= 0.3 is 0 Å². The minimum atomic E-state index is -0.356. The highest BCUT2D eigenvalue weighted by Crippen LogP contribution is 2.19. The van der Waals surface area contributed by atoms with Crippen molar-refractivity contribution in [3.8, 4) is 5.75 Å². The molecule has 0 unspecified atom stereocenters. The van der Waals surface area contributed by atoms with Crippen molar-refractivity contribution < 1.29 is 13.9 Å². The fourth-order valence-corrected chi connectivity index (χ4v) is 1.60. The van der Waals surface area contributed by atoms with Gasteiger partial charge in [0.25, 0.3) is 0 Å². The first-order chi connectivity index (χ1) is 8.16. The zero-order valence-corrected chi connectivity index (χ0v) is 9.48. The third-order valence-corrected chi connectivity index (χ3v) is 2.61. The Morgan fingerprint density at radius 3 is 2.94 bits per heavy atom. The SMILES string of the molecule is C[C@H](NCc1cc(F)ccc1O)c1ccco1. The van der Waals surface area contributed by atoms with Gasteiger partial charge in [0.1, 0.15) is 17.3 Å². The molecule has 90 valence electrons. The molecular weight excluding hydrogens is 221 g/mol. The number of rotatable bonds is 4. The van der Waals surface area contributed by atoms with E-state index in [4.69, 9.17) is 4.42 Å². The molecule has 0 fully saturated rings. The van der Waals surface area contributed by atoms with E-state index in [0.29, 0.717) is 12.1 Å². The van der Waals surface area contributed by atoms with Crippen LogP contribution in [0.4, 0.5) is 4.39 Å². The van der Waals surface area contributed by atoms with E-state index < -0.39 is 0 Å². The summed E-state index contributed by atoms with van der Waals surface area (Å²) in [7, 11) is 0. The van der Waals surface area contributed by atoms with Gasteiger partial charge in [0.05, 0.1) is 12.3 Å². The fourth-order valence-electron chi connectivity index (χ4n) is 1.60. The summed E-state index contributed by atoms with van der Waals surface area (Å²) in [6.07, 6.45) is 1.60. The molecular formula is C13H14FNO2. The molecule has 4 heteroatoms. The van der Waals surface area contributed by atoms with Gasteiger partial charge in [-0.1, -0.05) is 0 Å². The van der Waals surface area contributed by atoms with Crippen LogP contribution in [-0.2, 0) is 6.54 Å². The van der Waals surface area contributed by atoms with Gasteiger partial charge in [-0.25, -0.2) is 4.39 Å². The lowest BCUT2D eigenvalue weighted by molar-refractivity contribution is 0.421. The molecule has 0 saturated heterocycles. The molecule has 0 spiro atoms. The predicted molar refractivity (Wildman–Crippen MR) is 62.0 cm³/mol. The Labute approximate surface area is 98.9 Å². The van der Waals surface area contributed by atoms with Crippen LogP contribution in [0.2, 0.25) is 0 Å². The number of benzene rings is 1. The first kappa shape index (κ1) is 11.7. The second-order valence-electron chi connectivity index (χ2n) is 3.89. The van der Waals surface area contributed by atoms with E-state index in [2.05, 4.69) is 5.32 Å². The first-order valence-corrected chi connectivity index (χ1v) is 5.41. The number of phenolic OH excluding ortho intramolecular Hbond substituents is 1. The van der Waals surface area contributed by atoms with Crippen molar-refractivity contribution in [3.05, 3.63) is 53.7 Å². The van der Waals surface area contributed by atoms with Crippen molar-refractivity contribution in [2.75, 3.05) is 0 Å². The maximum Gasteiger partial charge on any atom is 0.123 e. The molecule has 0 aliphatic rings. The standard InChI is InChI=1S/C13H14FNO2/c1-9(13-3-2-6-17-13)15-8-10-7-11(14)4-5-12(10)16/h2-7,9,15-16H,8H2,1H3/t9-/m0/s1. The third kappa shape index (κ3) is 2.85. The van der Waals surface area contributed by atoms with Gasteiger partial charge in [-0.15, -0.1) is 0 Å². The summed E-state index contributed by atoms with van der Waals surface area (Å²) in [6.45, 7) is 2.32. The molecule has 0 aliphatic carbocycles. The van der Waals surface area contributed by atoms with E-state index in [-0.39, 0.29) is 17.6 Å². The Morgan fingerprint density at radius 1 is 1.41 bits per heavy atom. The topological polar surface area (TPSA) is 45.4 Å². The number of hydrogen-bond acceptors (Lipinski definition) is 3. The molecule has 0 saturated carbocycles. The predicted octanol–water partition coefficient (Wildman–Crippen LogP) is 2.98. The molecule has 0 aliphatic heterocycles. The molecule has 1 heterocycles. The number of aromatic hydroxyl groups is 1. The first-order valence-electron chi connectivity index (χ1n) is 5.41. The summed E-state index contributed by atoms with van der Waals surface area (Å²) < 4.78 is 18.2. The summed E-state index contributed by atoms with van der Waals surface area (Å²) in [4.78, 5) is 0. The number of halogens is 1. The Bertz CT molecular complexity index is 482. The van der Waals surface area contributed by atoms with Crippen molar-refractivity contribution in [2.45, 2.75) is 19.5 Å². The van der Waals surface area contributed by atoms with Crippen LogP contribution in [0.15, 0.2) is 41.0 Å². The summed E-state index contributed by atoms with van der Waals surface area (Å²) >= 11 is 0. The van der Waals surface area contributed by atoms with Gasteiger partial charge in [-0.05, 0) is 37.3 Å². The molecule has 17 heavy (non-hydrogen) atoms. The van der Waals surface area contributed by atoms with Crippen molar-refractivity contribution in [1.29, 1.82) is 0 Å². The lowest BCUT2D eigenvalue weighted by atomic mass is 10.1. The van der Waals surface area contributed by atoms with Crippen molar-refractivity contribution in [1.82, 2.24) is 5.32 Å². The molecule has 2 aromatic rings. The Kier molecular flexibility index (Phi) is 3.44. The summed E-state index contributed by atoms with van der Waals surface area (Å²) in [5.41, 5.74) is 0.531. The van der Waals surface area contributed by atoms with Gasteiger partial charge in [0.15, 0.2) is 0 Å². The maximum absolute atomic E-state index is 13.0. The van der Waals surface area contributed by atoms with Gasteiger partial charge in [-0.2, -0.15) is 0 Å². The largest absolute Gasteiger partial charge is 0.508 e. The summed E-state index contributed by atoms with van der Waals surface area (Å²) in [5.74, 6) is 0.539. The van der Waals surface area contributed by atoms with Gasteiger partial charge in [-0.3, -0.25) is 0 Å². The molecule has 1 atom stereocenters. The van der Waals surface area contributed by atoms with E-state index in [1.807, 2.05) is 19.1 Å². The van der Waals surface area contributed by atoms with Crippen LogP contribution in [0, 0.1) is 5.82 Å². The van der Waals surface area contributed by atoms with Gasteiger partial charge in [0.2, 0.25) is 0 Å². The Balaban J connectivity index is 2.00. The number of furan rings is 1. The average molecular weight is 235 g/mol. The monoisotopic (exact) mass is 235 g/mol. The number of nitrogens with one attached hydrogen (secondary N) is 1. The van der Waals surface area contributed by atoms with E-state index in [0.717, 1.165) is 5.76 Å². The van der Waals surface area contributed by atoms with Crippen LogP contribution in [-0.4, -0.2) is 5.11 Å². The van der Waals surface area contributed by atoms with Crippen molar-refractivity contribution in [3.63, 3.8) is 0 Å². The molecule has 0 radical (unpaired) electrons. The Hall–Kier alpha value is -1.81. The minimum absolute atomic E-state index is 0.00710. The zero-order valence-electron chi connectivity index (χ0n) is 9.48. The van der Waals surface area contributed by atoms with Crippen LogP contribution in [0.5, 0.6) is 5.75 Å². The molecule has 1 aromatic heterocycles. The Morgan fingerprint density at radius 2 is 2.24 bits per heavy atom. The smallest absolute Gasteiger partial charge is 0.123 e. The van der Waals surface area contributed by atoms with Crippen molar-refractivity contribution >= 4 is 0 Å². The molecule has 1 aromatic carbocycles. The van der Waals surface area contributed by atoms with E-state index in [1.54, 1.807) is 6.26 Å². The highest BCUT2D eigenvalue weighted by atomic mass is 19.1.